The zero-order chi connectivity index (χ0) is 13.1. The maximum Gasteiger partial charge on any atom is 0.256 e. The Balaban J connectivity index is 2.33. The molecule has 18 heavy (non-hydrogen) atoms. The Morgan fingerprint density at radius 3 is 2.61 bits per heavy atom. The van der Waals surface area contributed by atoms with E-state index < -0.39 is 0 Å². The molecular weight excluding hydrogens is 224 g/mol. The number of nitrogens with one attached hydrogen (secondary N) is 1. The van der Waals surface area contributed by atoms with Gasteiger partial charge in [-0.05, 0) is 18.9 Å². The van der Waals surface area contributed by atoms with Crippen LogP contribution in [0.3, 0.4) is 0 Å². The average Bonchev–Trinajstić information content (AvgIpc) is 2.83. The van der Waals surface area contributed by atoms with Gasteiger partial charge in [0.25, 0.3) is 5.91 Å². The summed E-state index contributed by atoms with van der Waals surface area (Å²) >= 11 is 0. The first-order valence-electron chi connectivity index (χ1n) is 6.52. The van der Waals surface area contributed by atoms with Crippen LogP contribution in [0.15, 0.2) is 30.5 Å². The summed E-state index contributed by atoms with van der Waals surface area (Å²) in [7, 11) is 1.89. The topological polar surface area (TPSA) is 36.1 Å². The van der Waals surface area contributed by atoms with Crippen LogP contribution < -0.4 is 0 Å². The lowest BCUT2D eigenvalue weighted by molar-refractivity contribution is 0.0726. The maximum atomic E-state index is 12.5. The van der Waals surface area contributed by atoms with Crippen molar-refractivity contribution < 1.29 is 4.79 Å². The second-order valence-electron chi connectivity index (χ2n) is 4.63. The van der Waals surface area contributed by atoms with Crippen LogP contribution in [-0.2, 0) is 0 Å². The minimum Gasteiger partial charge on any atom is -0.360 e. The predicted molar refractivity (Wildman–Crippen MR) is 74.8 cm³/mol. The second kappa shape index (κ2) is 5.25. The van der Waals surface area contributed by atoms with E-state index in [0.29, 0.717) is 6.04 Å². The van der Waals surface area contributed by atoms with Gasteiger partial charge in [0.2, 0.25) is 0 Å². The standard InChI is InChI=1S/C15H20N2O/c1-4-11(5-2)17(3)15(18)13-10-16-14-9-7-6-8-12(13)14/h6-11,16H,4-5H2,1-3H3. The molecule has 96 valence electrons. The first-order valence-corrected chi connectivity index (χ1v) is 6.52. The highest BCUT2D eigenvalue weighted by Crippen LogP contribution is 2.20. The number of H-pyrrole nitrogens is 1. The van der Waals surface area contributed by atoms with E-state index in [9.17, 15) is 4.79 Å². The zero-order valence-electron chi connectivity index (χ0n) is 11.2. The summed E-state index contributed by atoms with van der Waals surface area (Å²) in [4.78, 5) is 17.5. The first-order chi connectivity index (χ1) is 8.69. The van der Waals surface area contributed by atoms with E-state index in [1.54, 1.807) is 0 Å². The van der Waals surface area contributed by atoms with Gasteiger partial charge < -0.3 is 9.88 Å². The summed E-state index contributed by atoms with van der Waals surface area (Å²) < 4.78 is 0. The van der Waals surface area contributed by atoms with Crippen LogP contribution in [0.4, 0.5) is 0 Å². The molecule has 0 aliphatic heterocycles. The number of aromatic amines is 1. The lowest BCUT2D eigenvalue weighted by atomic mass is 10.1. The number of para-hydroxylation sites is 1. The molecule has 0 spiro atoms. The Hall–Kier alpha value is -1.77. The minimum absolute atomic E-state index is 0.0983. The monoisotopic (exact) mass is 244 g/mol. The molecule has 3 heteroatoms. The molecule has 0 aliphatic rings. The highest BCUT2D eigenvalue weighted by Gasteiger charge is 2.20. The van der Waals surface area contributed by atoms with Gasteiger partial charge in [0.15, 0.2) is 0 Å². The highest BCUT2D eigenvalue weighted by atomic mass is 16.2. The number of fused-ring (bicyclic) bond motifs is 1. The number of nitrogens with zero attached hydrogens (tertiary/aromatic N) is 1. The molecule has 2 aromatic rings. The number of rotatable bonds is 4. The Bertz CT molecular complexity index is 540. The van der Waals surface area contributed by atoms with Crippen LogP contribution >= 0.6 is 0 Å². The number of benzene rings is 1. The molecule has 1 amide bonds. The third-order valence-electron chi connectivity index (χ3n) is 3.63. The molecule has 1 heterocycles. The minimum atomic E-state index is 0.0983. The molecule has 2 rings (SSSR count). The molecule has 0 atom stereocenters. The van der Waals surface area contributed by atoms with Crippen molar-refractivity contribution in [2.75, 3.05) is 7.05 Å². The molecule has 0 saturated heterocycles. The van der Waals surface area contributed by atoms with Crippen LogP contribution in [0.5, 0.6) is 0 Å². The fourth-order valence-corrected chi connectivity index (χ4v) is 2.44. The van der Waals surface area contributed by atoms with Gasteiger partial charge in [-0.2, -0.15) is 0 Å². The van der Waals surface area contributed by atoms with Crippen molar-refractivity contribution in [3.8, 4) is 0 Å². The summed E-state index contributed by atoms with van der Waals surface area (Å²) in [5, 5.41) is 1.00. The molecule has 1 N–H and O–H groups in total. The van der Waals surface area contributed by atoms with Gasteiger partial charge in [0.05, 0.1) is 5.56 Å². The molecule has 0 saturated carbocycles. The number of hydrogen-bond donors (Lipinski definition) is 1. The Kier molecular flexibility index (Phi) is 3.70. The maximum absolute atomic E-state index is 12.5. The van der Waals surface area contributed by atoms with Gasteiger partial charge in [-0.25, -0.2) is 0 Å². The molecule has 0 bridgehead atoms. The van der Waals surface area contributed by atoms with Gasteiger partial charge >= 0.3 is 0 Å². The average molecular weight is 244 g/mol. The summed E-state index contributed by atoms with van der Waals surface area (Å²) in [6.07, 6.45) is 3.79. The van der Waals surface area contributed by atoms with Gasteiger partial charge in [-0.3, -0.25) is 4.79 Å². The molecule has 0 radical (unpaired) electrons. The Labute approximate surface area is 108 Å². The van der Waals surface area contributed by atoms with Crippen molar-refractivity contribution in [1.29, 1.82) is 0 Å². The summed E-state index contributed by atoms with van der Waals surface area (Å²) in [5.74, 6) is 0.0983. The molecule has 1 aromatic heterocycles. The van der Waals surface area contributed by atoms with Crippen molar-refractivity contribution >= 4 is 16.8 Å². The fourth-order valence-electron chi connectivity index (χ4n) is 2.44. The van der Waals surface area contributed by atoms with E-state index in [0.717, 1.165) is 29.3 Å². The van der Waals surface area contributed by atoms with Crippen LogP contribution in [-0.4, -0.2) is 28.9 Å². The second-order valence-corrected chi connectivity index (χ2v) is 4.63. The molecule has 3 nitrogen and oxygen atoms in total. The predicted octanol–water partition coefficient (Wildman–Crippen LogP) is 3.43. The van der Waals surface area contributed by atoms with Crippen molar-refractivity contribution in [3.05, 3.63) is 36.0 Å². The Morgan fingerprint density at radius 1 is 1.28 bits per heavy atom. The van der Waals surface area contributed by atoms with E-state index in [1.165, 1.54) is 0 Å². The zero-order valence-corrected chi connectivity index (χ0v) is 11.2. The Morgan fingerprint density at radius 2 is 1.94 bits per heavy atom. The van der Waals surface area contributed by atoms with Crippen LogP contribution in [0, 0.1) is 0 Å². The molecule has 0 aliphatic carbocycles. The van der Waals surface area contributed by atoms with E-state index in [-0.39, 0.29) is 5.91 Å². The lowest BCUT2D eigenvalue weighted by Gasteiger charge is -2.26. The van der Waals surface area contributed by atoms with Gasteiger partial charge in [0.1, 0.15) is 0 Å². The van der Waals surface area contributed by atoms with Crippen molar-refractivity contribution in [2.45, 2.75) is 32.7 Å². The lowest BCUT2D eigenvalue weighted by Crippen LogP contribution is -2.36. The number of hydrogen-bond acceptors (Lipinski definition) is 1. The van der Waals surface area contributed by atoms with Crippen LogP contribution in [0.2, 0.25) is 0 Å². The van der Waals surface area contributed by atoms with Gasteiger partial charge in [-0.1, -0.05) is 32.0 Å². The molecule has 0 unspecified atom stereocenters. The van der Waals surface area contributed by atoms with Gasteiger partial charge in [0, 0.05) is 30.2 Å². The number of carbonyl (C=O) groups excluding carboxylic acids is 1. The quantitative estimate of drug-likeness (QED) is 0.878. The van der Waals surface area contributed by atoms with E-state index in [1.807, 2.05) is 42.4 Å². The van der Waals surface area contributed by atoms with E-state index in [2.05, 4.69) is 18.8 Å². The summed E-state index contributed by atoms with van der Waals surface area (Å²) in [6.45, 7) is 4.24. The van der Waals surface area contributed by atoms with Crippen LogP contribution in [0.25, 0.3) is 10.9 Å². The highest BCUT2D eigenvalue weighted by molar-refractivity contribution is 6.06. The summed E-state index contributed by atoms with van der Waals surface area (Å²) in [6, 6.07) is 8.22. The third-order valence-corrected chi connectivity index (χ3v) is 3.63. The molecule has 0 fully saturated rings. The number of amides is 1. The van der Waals surface area contributed by atoms with Crippen LogP contribution in [0.1, 0.15) is 37.0 Å². The summed E-state index contributed by atoms with van der Waals surface area (Å²) in [5.41, 5.74) is 1.78. The van der Waals surface area contributed by atoms with Crippen molar-refractivity contribution in [1.82, 2.24) is 9.88 Å². The van der Waals surface area contributed by atoms with E-state index >= 15 is 0 Å². The first kappa shape index (κ1) is 12.7. The normalized spacial score (nSPS) is 11.1. The fraction of sp³-hybridized carbons (Fsp3) is 0.400. The van der Waals surface area contributed by atoms with Gasteiger partial charge in [-0.15, -0.1) is 0 Å². The molecule has 1 aromatic carbocycles. The smallest absolute Gasteiger partial charge is 0.256 e. The largest absolute Gasteiger partial charge is 0.360 e. The van der Waals surface area contributed by atoms with Crippen molar-refractivity contribution in [3.63, 3.8) is 0 Å². The van der Waals surface area contributed by atoms with E-state index in [4.69, 9.17) is 0 Å². The number of aromatic nitrogens is 1. The van der Waals surface area contributed by atoms with Crippen molar-refractivity contribution in [2.24, 2.45) is 0 Å². The third kappa shape index (κ3) is 2.13. The molecular formula is C15H20N2O. The SMILES string of the molecule is CCC(CC)N(C)C(=O)c1c[nH]c2ccccc12. The number of carbonyl (C=O) groups is 1.